The van der Waals surface area contributed by atoms with E-state index in [0.717, 1.165) is 24.8 Å². The highest BCUT2D eigenvalue weighted by atomic mass is 35.5. The van der Waals surface area contributed by atoms with E-state index in [0.29, 0.717) is 28.4 Å². The van der Waals surface area contributed by atoms with Crippen LogP contribution >= 0.6 is 11.6 Å². The zero-order valence-electron chi connectivity index (χ0n) is 10.5. The largest absolute Gasteiger partial charge is 0.492 e. The Balaban J connectivity index is 2.68. The number of nitrogens with two attached hydrogens (primary N) is 1. The maximum atomic E-state index is 11.0. The lowest BCUT2D eigenvalue weighted by atomic mass is 9.72. The highest BCUT2D eigenvalue weighted by Crippen LogP contribution is 2.50. The van der Waals surface area contributed by atoms with Gasteiger partial charge in [-0.15, -0.1) is 0 Å². The fraction of sp³-hybridized carbons (Fsp3) is 0.462. The molecule has 1 aliphatic rings. The summed E-state index contributed by atoms with van der Waals surface area (Å²) in [5.41, 5.74) is 6.94. The Bertz CT molecular complexity index is 484. The molecule has 4 nitrogen and oxygen atoms in total. The van der Waals surface area contributed by atoms with Gasteiger partial charge >= 0.3 is 0 Å². The van der Waals surface area contributed by atoms with Crippen LogP contribution in [-0.4, -0.2) is 20.5 Å². The summed E-state index contributed by atoms with van der Waals surface area (Å²) in [5.74, 6) is 0.859. The molecule has 1 saturated carbocycles. The number of carbonyl (C=O) groups is 1. The van der Waals surface area contributed by atoms with Crippen LogP contribution in [0.5, 0.6) is 11.5 Å². The van der Waals surface area contributed by atoms with E-state index in [1.165, 1.54) is 14.2 Å². The molecule has 2 rings (SSSR count). The molecule has 0 aliphatic heterocycles. The SMILES string of the molecule is COc1c(C=O)cc(Cl)c(C2(N)CCC2)c1OC. The number of halogens is 1. The lowest BCUT2D eigenvalue weighted by Gasteiger charge is -2.40. The van der Waals surface area contributed by atoms with Crippen molar-refractivity contribution < 1.29 is 14.3 Å². The monoisotopic (exact) mass is 269 g/mol. The molecule has 0 heterocycles. The molecule has 5 heteroatoms. The van der Waals surface area contributed by atoms with Gasteiger partial charge in [0.25, 0.3) is 0 Å². The summed E-state index contributed by atoms with van der Waals surface area (Å²) in [5, 5.41) is 0.456. The van der Waals surface area contributed by atoms with Crippen molar-refractivity contribution in [3.05, 3.63) is 22.2 Å². The molecule has 0 amide bonds. The molecule has 0 atom stereocenters. The second-order valence-electron chi connectivity index (χ2n) is 4.52. The summed E-state index contributed by atoms with van der Waals surface area (Å²) in [6.45, 7) is 0. The van der Waals surface area contributed by atoms with Gasteiger partial charge < -0.3 is 15.2 Å². The van der Waals surface area contributed by atoms with Crippen LogP contribution in [0.2, 0.25) is 5.02 Å². The van der Waals surface area contributed by atoms with E-state index in [2.05, 4.69) is 0 Å². The third kappa shape index (κ3) is 1.85. The van der Waals surface area contributed by atoms with Gasteiger partial charge in [0.05, 0.1) is 24.8 Å². The zero-order chi connectivity index (χ0) is 13.3. The number of rotatable bonds is 4. The second-order valence-corrected chi connectivity index (χ2v) is 4.92. The van der Waals surface area contributed by atoms with Gasteiger partial charge in [-0.3, -0.25) is 4.79 Å². The molecule has 98 valence electrons. The van der Waals surface area contributed by atoms with Crippen LogP contribution < -0.4 is 15.2 Å². The van der Waals surface area contributed by atoms with Crippen LogP contribution in [-0.2, 0) is 5.54 Å². The van der Waals surface area contributed by atoms with E-state index in [9.17, 15) is 4.79 Å². The lowest BCUT2D eigenvalue weighted by Crippen LogP contribution is -2.43. The van der Waals surface area contributed by atoms with Gasteiger partial charge in [0.15, 0.2) is 17.8 Å². The van der Waals surface area contributed by atoms with Gasteiger partial charge in [-0.25, -0.2) is 0 Å². The predicted molar refractivity (Wildman–Crippen MR) is 69.7 cm³/mol. The molecule has 0 spiro atoms. The first kappa shape index (κ1) is 13.2. The summed E-state index contributed by atoms with van der Waals surface area (Å²) in [6, 6.07) is 1.58. The first-order valence-electron chi connectivity index (χ1n) is 5.76. The highest BCUT2D eigenvalue weighted by molar-refractivity contribution is 6.32. The molecule has 1 aliphatic carbocycles. The molecule has 2 N–H and O–H groups in total. The first-order valence-corrected chi connectivity index (χ1v) is 6.14. The molecule has 1 fully saturated rings. The van der Waals surface area contributed by atoms with Gasteiger partial charge in [0.2, 0.25) is 0 Å². The normalized spacial score (nSPS) is 16.9. The summed E-state index contributed by atoms with van der Waals surface area (Å²) in [6.07, 6.45) is 3.47. The van der Waals surface area contributed by atoms with Crippen molar-refractivity contribution in [2.45, 2.75) is 24.8 Å². The Kier molecular flexibility index (Phi) is 3.50. The molecule has 1 aromatic rings. The maximum absolute atomic E-state index is 11.0. The molecule has 0 radical (unpaired) electrons. The smallest absolute Gasteiger partial charge is 0.171 e. The van der Waals surface area contributed by atoms with Crippen molar-refractivity contribution in [2.75, 3.05) is 14.2 Å². The van der Waals surface area contributed by atoms with Crippen molar-refractivity contribution in [3.63, 3.8) is 0 Å². The quantitative estimate of drug-likeness (QED) is 0.853. The van der Waals surface area contributed by atoms with E-state index < -0.39 is 5.54 Å². The summed E-state index contributed by atoms with van der Waals surface area (Å²) in [7, 11) is 3.01. The number of hydrogen-bond donors (Lipinski definition) is 1. The predicted octanol–water partition coefficient (Wildman–Crippen LogP) is 2.51. The third-order valence-corrected chi connectivity index (χ3v) is 3.79. The molecule has 0 bridgehead atoms. The zero-order valence-corrected chi connectivity index (χ0v) is 11.2. The van der Waals surface area contributed by atoms with Crippen LogP contribution in [0.25, 0.3) is 0 Å². The second kappa shape index (κ2) is 4.78. The van der Waals surface area contributed by atoms with Gasteiger partial charge in [-0.2, -0.15) is 0 Å². The topological polar surface area (TPSA) is 61.5 Å². The van der Waals surface area contributed by atoms with Crippen LogP contribution in [0, 0.1) is 0 Å². The van der Waals surface area contributed by atoms with E-state index in [1.807, 2.05) is 0 Å². The van der Waals surface area contributed by atoms with Gasteiger partial charge in [0.1, 0.15) is 0 Å². The minimum atomic E-state index is -0.475. The Hall–Kier alpha value is -1.26. The van der Waals surface area contributed by atoms with Crippen molar-refractivity contribution in [3.8, 4) is 11.5 Å². The molecular formula is C13H16ClNO3. The van der Waals surface area contributed by atoms with Crippen LogP contribution in [0.15, 0.2) is 6.07 Å². The van der Waals surface area contributed by atoms with E-state index >= 15 is 0 Å². The Morgan fingerprint density at radius 2 is 1.94 bits per heavy atom. The molecule has 1 aromatic carbocycles. The van der Waals surface area contributed by atoms with Crippen molar-refractivity contribution in [1.82, 2.24) is 0 Å². The molecule has 18 heavy (non-hydrogen) atoms. The summed E-state index contributed by atoms with van der Waals surface area (Å²) >= 11 is 6.24. The maximum Gasteiger partial charge on any atom is 0.171 e. The Labute approximate surface area is 111 Å². The fourth-order valence-electron chi connectivity index (χ4n) is 2.39. The number of ether oxygens (including phenoxy) is 2. The van der Waals surface area contributed by atoms with E-state index in [-0.39, 0.29) is 0 Å². The third-order valence-electron chi connectivity index (χ3n) is 3.50. The number of carbonyl (C=O) groups excluding carboxylic acids is 1. The van der Waals surface area contributed by atoms with Crippen molar-refractivity contribution in [1.29, 1.82) is 0 Å². The van der Waals surface area contributed by atoms with E-state index in [4.69, 9.17) is 26.8 Å². The van der Waals surface area contributed by atoms with Crippen molar-refractivity contribution in [2.24, 2.45) is 5.73 Å². The number of benzene rings is 1. The minimum Gasteiger partial charge on any atom is -0.492 e. The molecule has 0 unspecified atom stereocenters. The van der Waals surface area contributed by atoms with Crippen molar-refractivity contribution >= 4 is 17.9 Å². The first-order chi connectivity index (χ1) is 8.57. The standard InChI is InChI=1S/C13H16ClNO3/c1-17-11-8(7-16)6-9(14)10(12(11)18-2)13(15)4-3-5-13/h6-7H,3-5,15H2,1-2H3. The van der Waals surface area contributed by atoms with Gasteiger partial charge in [-0.05, 0) is 25.3 Å². The molecular weight excluding hydrogens is 254 g/mol. The van der Waals surface area contributed by atoms with Gasteiger partial charge in [-0.1, -0.05) is 11.6 Å². The Morgan fingerprint density at radius 3 is 2.33 bits per heavy atom. The molecule has 0 aromatic heterocycles. The lowest BCUT2D eigenvalue weighted by molar-refractivity contribution is 0.111. The fourth-order valence-corrected chi connectivity index (χ4v) is 2.78. The average Bonchev–Trinajstić information content (AvgIpc) is 2.34. The minimum absolute atomic E-state index is 0.367. The van der Waals surface area contributed by atoms with Gasteiger partial charge in [0, 0.05) is 11.1 Å². The highest BCUT2D eigenvalue weighted by Gasteiger charge is 2.40. The molecule has 0 saturated heterocycles. The number of methoxy groups -OCH3 is 2. The summed E-state index contributed by atoms with van der Waals surface area (Å²) in [4.78, 5) is 11.0. The van der Waals surface area contributed by atoms with Crippen LogP contribution in [0.3, 0.4) is 0 Å². The number of aldehydes is 1. The summed E-state index contributed by atoms with van der Waals surface area (Å²) < 4.78 is 10.6. The van der Waals surface area contributed by atoms with Crippen LogP contribution in [0.4, 0.5) is 0 Å². The Morgan fingerprint density at radius 1 is 1.33 bits per heavy atom. The number of hydrogen-bond acceptors (Lipinski definition) is 4. The van der Waals surface area contributed by atoms with Crippen LogP contribution in [0.1, 0.15) is 35.2 Å². The average molecular weight is 270 g/mol. The van der Waals surface area contributed by atoms with E-state index in [1.54, 1.807) is 6.07 Å².